The molecule has 170 valence electrons. The Balaban J connectivity index is 2.03. The zero-order valence-electron chi connectivity index (χ0n) is 19.9. The zero-order chi connectivity index (χ0) is 23.0. The molecule has 0 amide bonds. The highest BCUT2D eigenvalue weighted by atomic mass is 32.2. The van der Waals surface area contributed by atoms with Gasteiger partial charge in [0.25, 0.3) is 0 Å². The van der Waals surface area contributed by atoms with Crippen molar-refractivity contribution in [1.82, 2.24) is 0 Å². The molecule has 4 atom stereocenters. The van der Waals surface area contributed by atoms with Gasteiger partial charge in [-0.25, -0.2) is 8.42 Å². The Kier molecular flexibility index (Phi) is 7.02. The molecular weight excluding hydrogens is 404 g/mol. The SMILES string of the molecule is C/C1=C\[C@H](S(=O)(=O)c2ccc(C)cc2)[C@@H](O)/C(C)=C/CC2=CC[C@@H](C(C)C)[C@]2(C)CC1. The minimum Gasteiger partial charge on any atom is -0.387 e. The lowest BCUT2D eigenvalue weighted by molar-refractivity contribution is 0.183. The molecule has 4 heteroatoms. The third-order valence-electron chi connectivity index (χ3n) is 7.59. The molecule has 0 saturated carbocycles. The molecule has 0 aromatic heterocycles. The van der Waals surface area contributed by atoms with Crippen LogP contribution in [0.1, 0.15) is 65.9 Å². The van der Waals surface area contributed by atoms with E-state index in [1.54, 1.807) is 18.2 Å². The van der Waals surface area contributed by atoms with Crippen LogP contribution in [0, 0.1) is 24.2 Å². The Labute approximate surface area is 188 Å². The lowest BCUT2D eigenvalue weighted by atomic mass is 9.67. The lowest BCUT2D eigenvalue weighted by Crippen LogP contribution is -2.34. The molecule has 0 fully saturated rings. The van der Waals surface area contributed by atoms with E-state index < -0.39 is 21.2 Å². The number of aryl methyl sites for hydroxylation is 1. The van der Waals surface area contributed by atoms with Gasteiger partial charge in [-0.2, -0.15) is 0 Å². The van der Waals surface area contributed by atoms with Gasteiger partial charge in [0.05, 0.1) is 11.0 Å². The normalized spacial score (nSPS) is 33.5. The van der Waals surface area contributed by atoms with E-state index >= 15 is 0 Å². The minimum atomic E-state index is -3.71. The highest BCUT2D eigenvalue weighted by molar-refractivity contribution is 7.92. The molecule has 1 N–H and O–H groups in total. The average molecular weight is 443 g/mol. The number of hydrogen-bond donors (Lipinski definition) is 1. The van der Waals surface area contributed by atoms with Crippen LogP contribution < -0.4 is 0 Å². The molecule has 1 aromatic carbocycles. The molecule has 2 aliphatic rings. The van der Waals surface area contributed by atoms with Crippen LogP contribution in [0.5, 0.6) is 0 Å². The molecule has 1 aromatic rings. The second-order valence-corrected chi connectivity index (χ2v) is 12.3. The summed E-state index contributed by atoms with van der Waals surface area (Å²) in [5.41, 5.74) is 4.32. The number of hydrogen-bond acceptors (Lipinski definition) is 3. The molecule has 3 rings (SSSR count). The summed E-state index contributed by atoms with van der Waals surface area (Å²) in [5.74, 6) is 1.19. The second-order valence-electron chi connectivity index (χ2n) is 10.2. The van der Waals surface area contributed by atoms with E-state index in [0.29, 0.717) is 11.8 Å². The van der Waals surface area contributed by atoms with Gasteiger partial charge in [-0.3, -0.25) is 0 Å². The smallest absolute Gasteiger partial charge is 0.187 e. The third kappa shape index (κ3) is 4.75. The van der Waals surface area contributed by atoms with Crippen molar-refractivity contribution >= 4 is 9.84 Å². The molecule has 0 spiro atoms. The van der Waals surface area contributed by atoms with Crippen LogP contribution in [0.25, 0.3) is 0 Å². The number of fused-ring (bicyclic) bond motifs is 1. The summed E-state index contributed by atoms with van der Waals surface area (Å²) in [7, 11) is -3.71. The highest BCUT2D eigenvalue weighted by Gasteiger charge is 2.42. The summed E-state index contributed by atoms with van der Waals surface area (Å²) >= 11 is 0. The summed E-state index contributed by atoms with van der Waals surface area (Å²) in [5, 5.41) is 10.2. The standard InChI is InChI=1S/C27H38O3S/c1-18(2)24-14-11-22-10-9-21(5)26(28)25(17-20(4)15-16-27(22,24)6)31(29,30)23-12-7-19(3)8-13-23/h7-9,11-13,17-18,24-26,28H,10,14-16H2,1-6H3/b20-17+,21-9+/t24-,25-,26-,27+/m0/s1. The van der Waals surface area contributed by atoms with Gasteiger partial charge in [0, 0.05) is 0 Å². The van der Waals surface area contributed by atoms with Crippen LogP contribution in [0.15, 0.2) is 64.1 Å². The van der Waals surface area contributed by atoms with Gasteiger partial charge in [-0.15, -0.1) is 0 Å². The topological polar surface area (TPSA) is 54.4 Å². The minimum absolute atomic E-state index is 0.112. The molecule has 0 bridgehead atoms. The molecule has 0 heterocycles. The molecule has 3 nitrogen and oxygen atoms in total. The fourth-order valence-electron chi connectivity index (χ4n) is 5.38. The third-order valence-corrected chi connectivity index (χ3v) is 9.63. The Bertz CT molecular complexity index is 995. The van der Waals surface area contributed by atoms with Crippen molar-refractivity contribution in [2.75, 3.05) is 0 Å². The van der Waals surface area contributed by atoms with Gasteiger partial charge in [0.2, 0.25) is 0 Å². The quantitative estimate of drug-likeness (QED) is 0.568. The maximum absolute atomic E-state index is 13.5. The van der Waals surface area contributed by atoms with E-state index in [1.807, 2.05) is 39.0 Å². The predicted octanol–water partition coefficient (Wildman–Crippen LogP) is 6.18. The van der Waals surface area contributed by atoms with Crippen LogP contribution in [0.4, 0.5) is 0 Å². The molecule has 0 saturated heterocycles. The summed E-state index contributed by atoms with van der Waals surface area (Å²) in [6, 6.07) is 6.91. The largest absolute Gasteiger partial charge is 0.387 e. The van der Waals surface area contributed by atoms with Crippen LogP contribution in [-0.2, 0) is 9.84 Å². The Morgan fingerprint density at radius 3 is 2.32 bits per heavy atom. The first-order valence-electron chi connectivity index (χ1n) is 11.5. The molecule has 0 radical (unpaired) electrons. The van der Waals surface area contributed by atoms with Gasteiger partial charge < -0.3 is 5.11 Å². The first-order valence-corrected chi connectivity index (χ1v) is 13.0. The van der Waals surface area contributed by atoms with E-state index in [-0.39, 0.29) is 10.3 Å². The second kappa shape index (κ2) is 9.07. The predicted molar refractivity (Wildman–Crippen MR) is 129 cm³/mol. The van der Waals surface area contributed by atoms with Gasteiger partial charge in [0.1, 0.15) is 5.25 Å². The Morgan fingerprint density at radius 1 is 1.06 bits per heavy atom. The van der Waals surface area contributed by atoms with Gasteiger partial charge in [0.15, 0.2) is 9.84 Å². The van der Waals surface area contributed by atoms with E-state index in [1.165, 1.54) is 5.57 Å². The maximum atomic E-state index is 13.5. The lowest BCUT2D eigenvalue weighted by Gasteiger charge is -2.38. The van der Waals surface area contributed by atoms with Crippen molar-refractivity contribution in [2.24, 2.45) is 17.3 Å². The van der Waals surface area contributed by atoms with E-state index in [2.05, 4.69) is 26.8 Å². The van der Waals surface area contributed by atoms with Crippen LogP contribution in [-0.4, -0.2) is 24.9 Å². The molecule has 0 aliphatic heterocycles. The maximum Gasteiger partial charge on any atom is 0.187 e. The van der Waals surface area contributed by atoms with E-state index in [9.17, 15) is 13.5 Å². The van der Waals surface area contributed by atoms with Crippen molar-refractivity contribution in [3.8, 4) is 0 Å². The van der Waals surface area contributed by atoms with Crippen molar-refractivity contribution in [2.45, 2.75) is 83.5 Å². The summed E-state index contributed by atoms with van der Waals surface area (Å²) < 4.78 is 27.0. The fraction of sp³-hybridized carbons (Fsp3) is 0.556. The monoisotopic (exact) mass is 442 g/mol. The van der Waals surface area contributed by atoms with Crippen molar-refractivity contribution in [1.29, 1.82) is 0 Å². The summed E-state index contributed by atoms with van der Waals surface area (Å²) in [6.07, 6.45) is 8.89. The summed E-state index contributed by atoms with van der Waals surface area (Å²) in [4.78, 5) is 0.264. The first-order chi connectivity index (χ1) is 14.5. The number of benzene rings is 1. The number of aliphatic hydroxyl groups excluding tert-OH is 1. The van der Waals surface area contributed by atoms with Crippen molar-refractivity contribution in [3.63, 3.8) is 0 Å². The van der Waals surface area contributed by atoms with Crippen molar-refractivity contribution in [3.05, 3.63) is 64.8 Å². The molecule has 0 unspecified atom stereocenters. The van der Waals surface area contributed by atoms with Crippen LogP contribution in [0.2, 0.25) is 0 Å². The average Bonchev–Trinajstić information content (AvgIpc) is 3.04. The zero-order valence-corrected chi connectivity index (χ0v) is 20.7. The van der Waals surface area contributed by atoms with E-state index in [0.717, 1.165) is 42.4 Å². The van der Waals surface area contributed by atoms with Gasteiger partial charge in [-0.05, 0) is 81.4 Å². The summed E-state index contributed by atoms with van der Waals surface area (Å²) in [6.45, 7) is 12.8. The first kappa shape index (κ1) is 24.0. The van der Waals surface area contributed by atoms with E-state index in [4.69, 9.17) is 0 Å². The van der Waals surface area contributed by atoms with Gasteiger partial charge in [-0.1, -0.05) is 67.8 Å². The van der Waals surface area contributed by atoms with Gasteiger partial charge >= 0.3 is 0 Å². The fourth-order valence-corrected chi connectivity index (χ4v) is 7.17. The number of sulfone groups is 1. The number of rotatable bonds is 3. The highest BCUT2D eigenvalue weighted by Crippen LogP contribution is 2.52. The molecular formula is C27H38O3S. The molecule has 31 heavy (non-hydrogen) atoms. The molecule has 2 aliphatic carbocycles. The van der Waals surface area contributed by atoms with Crippen LogP contribution in [0.3, 0.4) is 0 Å². The Hall–Kier alpha value is -1.65. The Morgan fingerprint density at radius 2 is 1.71 bits per heavy atom. The van der Waals surface area contributed by atoms with Crippen molar-refractivity contribution < 1.29 is 13.5 Å². The van der Waals surface area contributed by atoms with Crippen LogP contribution >= 0.6 is 0 Å². The number of allylic oxidation sites excluding steroid dienone is 4. The number of aliphatic hydroxyl groups is 1.